The SMILES string of the molecule is COc1cccc([C@@H](C)N[C@H]2CCC(c3ccc(C(=O)NC4CCNCC4)cc3)C2)c1OC. The third-order valence-corrected chi connectivity index (χ3v) is 7.14. The largest absolute Gasteiger partial charge is 0.493 e. The number of amides is 1. The number of nitrogens with one attached hydrogen (secondary N) is 3. The Morgan fingerprint density at radius 3 is 2.42 bits per heavy atom. The van der Waals surface area contributed by atoms with Crippen LogP contribution in [0.5, 0.6) is 11.5 Å². The zero-order valence-corrected chi connectivity index (χ0v) is 20.0. The van der Waals surface area contributed by atoms with Crippen LogP contribution in [0.3, 0.4) is 0 Å². The lowest BCUT2D eigenvalue weighted by Crippen LogP contribution is -2.42. The van der Waals surface area contributed by atoms with Crippen molar-refractivity contribution in [3.63, 3.8) is 0 Å². The minimum atomic E-state index is 0.0421. The van der Waals surface area contributed by atoms with Crippen molar-refractivity contribution < 1.29 is 14.3 Å². The number of carbonyl (C=O) groups is 1. The second-order valence-corrected chi connectivity index (χ2v) is 9.30. The molecule has 1 aliphatic carbocycles. The Kier molecular flexibility index (Phi) is 7.89. The Labute approximate surface area is 197 Å². The summed E-state index contributed by atoms with van der Waals surface area (Å²) in [5, 5.41) is 10.3. The van der Waals surface area contributed by atoms with Crippen molar-refractivity contribution in [2.45, 2.75) is 63.1 Å². The topological polar surface area (TPSA) is 71.6 Å². The van der Waals surface area contributed by atoms with Gasteiger partial charge in [-0.2, -0.15) is 0 Å². The maximum absolute atomic E-state index is 12.6. The molecule has 0 radical (unpaired) electrons. The molecular weight excluding hydrogens is 414 g/mol. The molecule has 0 aromatic heterocycles. The molecule has 178 valence electrons. The molecule has 0 bridgehead atoms. The summed E-state index contributed by atoms with van der Waals surface area (Å²) in [7, 11) is 3.36. The van der Waals surface area contributed by atoms with E-state index in [1.54, 1.807) is 14.2 Å². The Balaban J connectivity index is 1.33. The van der Waals surface area contributed by atoms with Gasteiger partial charge in [0.05, 0.1) is 14.2 Å². The van der Waals surface area contributed by atoms with Crippen LogP contribution in [0.25, 0.3) is 0 Å². The van der Waals surface area contributed by atoms with E-state index in [4.69, 9.17) is 9.47 Å². The number of hydrogen-bond donors (Lipinski definition) is 3. The number of rotatable bonds is 8. The third kappa shape index (κ3) is 5.68. The lowest BCUT2D eigenvalue weighted by Gasteiger charge is -2.23. The molecule has 33 heavy (non-hydrogen) atoms. The number of piperidine rings is 1. The maximum atomic E-state index is 12.6. The molecule has 6 nitrogen and oxygen atoms in total. The smallest absolute Gasteiger partial charge is 0.251 e. The minimum absolute atomic E-state index is 0.0421. The molecule has 1 heterocycles. The van der Waals surface area contributed by atoms with Crippen LogP contribution in [0.1, 0.15) is 72.5 Å². The predicted octanol–water partition coefficient (Wildman–Crippen LogP) is 4.17. The van der Waals surface area contributed by atoms with E-state index >= 15 is 0 Å². The third-order valence-electron chi connectivity index (χ3n) is 7.14. The molecule has 3 N–H and O–H groups in total. The van der Waals surface area contributed by atoms with E-state index in [0.29, 0.717) is 12.0 Å². The van der Waals surface area contributed by atoms with E-state index in [2.05, 4.69) is 41.1 Å². The number of methoxy groups -OCH3 is 2. The summed E-state index contributed by atoms with van der Waals surface area (Å²) < 4.78 is 11.1. The van der Waals surface area contributed by atoms with Crippen molar-refractivity contribution >= 4 is 5.91 Å². The quantitative estimate of drug-likeness (QED) is 0.562. The van der Waals surface area contributed by atoms with Gasteiger partial charge in [0.2, 0.25) is 0 Å². The first-order valence-corrected chi connectivity index (χ1v) is 12.2. The molecular formula is C27H37N3O3. The van der Waals surface area contributed by atoms with Crippen molar-refractivity contribution in [2.24, 2.45) is 0 Å². The molecule has 2 aromatic rings. The van der Waals surface area contributed by atoms with Gasteiger partial charge in [-0.25, -0.2) is 0 Å². The summed E-state index contributed by atoms with van der Waals surface area (Å²) in [5.41, 5.74) is 3.19. The van der Waals surface area contributed by atoms with Gasteiger partial charge in [0.1, 0.15) is 0 Å². The normalized spacial score (nSPS) is 22.0. The fourth-order valence-electron chi connectivity index (χ4n) is 5.27. The average Bonchev–Trinajstić information content (AvgIpc) is 3.32. The Hall–Kier alpha value is -2.57. The van der Waals surface area contributed by atoms with E-state index in [1.807, 2.05) is 24.3 Å². The van der Waals surface area contributed by atoms with Crippen LogP contribution in [0.15, 0.2) is 42.5 Å². The molecule has 6 heteroatoms. The molecule has 0 spiro atoms. The molecule has 3 atom stereocenters. The fraction of sp³-hybridized carbons (Fsp3) is 0.519. The Morgan fingerprint density at radius 2 is 1.73 bits per heavy atom. The van der Waals surface area contributed by atoms with E-state index in [1.165, 1.54) is 5.56 Å². The van der Waals surface area contributed by atoms with E-state index in [9.17, 15) is 4.79 Å². The van der Waals surface area contributed by atoms with E-state index < -0.39 is 0 Å². The zero-order valence-electron chi connectivity index (χ0n) is 20.0. The summed E-state index contributed by atoms with van der Waals surface area (Å²) in [6.07, 6.45) is 5.39. The number of para-hydroxylation sites is 1. The maximum Gasteiger partial charge on any atom is 0.251 e. The second-order valence-electron chi connectivity index (χ2n) is 9.30. The predicted molar refractivity (Wildman–Crippen MR) is 131 cm³/mol. The van der Waals surface area contributed by atoms with Crippen LogP contribution < -0.4 is 25.4 Å². The fourth-order valence-corrected chi connectivity index (χ4v) is 5.27. The highest BCUT2D eigenvalue weighted by Crippen LogP contribution is 2.38. The van der Waals surface area contributed by atoms with Gasteiger partial charge >= 0.3 is 0 Å². The highest BCUT2D eigenvalue weighted by Gasteiger charge is 2.28. The minimum Gasteiger partial charge on any atom is -0.493 e. The van der Waals surface area contributed by atoms with Gasteiger partial charge in [-0.1, -0.05) is 24.3 Å². The Bertz CT molecular complexity index is 925. The molecule has 2 aliphatic rings. The first-order valence-electron chi connectivity index (χ1n) is 12.2. The van der Waals surface area contributed by atoms with Crippen LogP contribution in [0, 0.1) is 0 Å². The summed E-state index contributed by atoms with van der Waals surface area (Å²) in [5.74, 6) is 2.12. The molecule has 2 aromatic carbocycles. The molecule has 4 rings (SSSR count). The molecule has 1 saturated carbocycles. The lowest BCUT2D eigenvalue weighted by molar-refractivity contribution is 0.0929. The van der Waals surface area contributed by atoms with Crippen LogP contribution in [0.2, 0.25) is 0 Å². The van der Waals surface area contributed by atoms with Crippen molar-refractivity contribution in [1.82, 2.24) is 16.0 Å². The van der Waals surface area contributed by atoms with Crippen molar-refractivity contribution in [1.29, 1.82) is 0 Å². The molecule has 1 saturated heterocycles. The lowest BCUT2D eigenvalue weighted by atomic mass is 9.96. The highest BCUT2D eigenvalue weighted by molar-refractivity contribution is 5.94. The van der Waals surface area contributed by atoms with Crippen LogP contribution >= 0.6 is 0 Å². The Morgan fingerprint density at radius 1 is 0.970 bits per heavy atom. The monoisotopic (exact) mass is 451 g/mol. The van der Waals surface area contributed by atoms with Gasteiger partial charge in [0.15, 0.2) is 11.5 Å². The number of benzene rings is 2. The van der Waals surface area contributed by atoms with Crippen molar-refractivity contribution in [3.05, 3.63) is 59.2 Å². The summed E-state index contributed by atoms with van der Waals surface area (Å²) in [6, 6.07) is 15.2. The highest BCUT2D eigenvalue weighted by atomic mass is 16.5. The molecule has 1 unspecified atom stereocenters. The van der Waals surface area contributed by atoms with Gasteiger partial charge < -0.3 is 25.4 Å². The average molecular weight is 452 g/mol. The van der Waals surface area contributed by atoms with Gasteiger partial charge in [-0.3, -0.25) is 4.79 Å². The molecule has 2 fully saturated rings. The first kappa shape index (κ1) is 23.6. The van der Waals surface area contributed by atoms with Gasteiger partial charge in [-0.05, 0) is 81.8 Å². The summed E-state index contributed by atoms with van der Waals surface area (Å²) in [4.78, 5) is 12.6. The molecule has 1 aliphatic heterocycles. The van der Waals surface area contributed by atoms with Crippen LogP contribution in [-0.4, -0.2) is 45.3 Å². The summed E-state index contributed by atoms with van der Waals surface area (Å²) >= 11 is 0. The standard InChI is InChI=1S/C27H37N3O3/c1-18(24-5-4-6-25(32-2)26(24)33-3)29-23-12-11-21(17-23)19-7-9-20(10-8-19)27(31)30-22-13-15-28-16-14-22/h4-10,18,21-23,28-29H,11-17H2,1-3H3,(H,30,31)/t18-,21?,23+/m1/s1. The van der Waals surface area contributed by atoms with E-state index in [-0.39, 0.29) is 18.0 Å². The van der Waals surface area contributed by atoms with Crippen LogP contribution in [-0.2, 0) is 0 Å². The first-order chi connectivity index (χ1) is 16.1. The number of ether oxygens (including phenoxy) is 2. The van der Waals surface area contributed by atoms with Crippen LogP contribution in [0.4, 0.5) is 0 Å². The molecule has 1 amide bonds. The number of hydrogen-bond acceptors (Lipinski definition) is 5. The second kappa shape index (κ2) is 11.0. The van der Waals surface area contributed by atoms with Gasteiger partial charge in [0, 0.05) is 29.3 Å². The summed E-state index contributed by atoms with van der Waals surface area (Å²) in [6.45, 7) is 4.13. The van der Waals surface area contributed by atoms with E-state index in [0.717, 1.165) is 67.8 Å². The van der Waals surface area contributed by atoms with Crippen molar-refractivity contribution in [3.8, 4) is 11.5 Å². The van der Waals surface area contributed by atoms with Gasteiger partial charge in [0.25, 0.3) is 5.91 Å². The zero-order chi connectivity index (χ0) is 23.2. The van der Waals surface area contributed by atoms with Gasteiger partial charge in [-0.15, -0.1) is 0 Å². The number of carbonyl (C=O) groups excluding carboxylic acids is 1. The van der Waals surface area contributed by atoms with Crippen molar-refractivity contribution in [2.75, 3.05) is 27.3 Å².